The van der Waals surface area contributed by atoms with Crippen LogP contribution in [0.2, 0.25) is 0 Å². The number of hydrogen-bond donors (Lipinski definition) is 4. The minimum atomic E-state index is -3.98. The van der Waals surface area contributed by atoms with Gasteiger partial charge in [-0.25, -0.2) is 23.5 Å². The van der Waals surface area contributed by atoms with Crippen LogP contribution in [-0.4, -0.2) is 67.7 Å². The first-order chi connectivity index (χ1) is 16.3. The molecule has 10 nitrogen and oxygen atoms in total. The third-order valence-corrected chi connectivity index (χ3v) is 6.72. The molecule has 2 heterocycles. The van der Waals surface area contributed by atoms with Crippen molar-refractivity contribution >= 4 is 38.6 Å². The van der Waals surface area contributed by atoms with Crippen LogP contribution in [0.15, 0.2) is 59.9 Å². The van der Waals surface area contributed by atoms with Gasteiger partial charge in [0.15, 0.2) is 0 Å². The first kappa shape index (κ1) is 23.9. The maximum absolute atomic E-state index is 12.3. The third kappa shape index (κ3) is 5.62. The standard InChI is InChI=1S/C23H29N7O3S/c1-17-15-25-16-26-23(17)28-20-3-2-4-21(34(24,32)33)22(20)27-18-5-7-19(8-6-18)30-11-9-29(10-12-30)13-14-31/h2-8,15-16,27,31H,9-14H2,1H3,(H2,24,32,33)(H,25,26,28). The maximum atomic E-state index is 12.3. The van der Waals surface area contributed by atoms with Crippen LogP contribution in [0, 0.1) is 6.92 Å². The zero-order valence-corrected chi connectivity index (χ0v) is 19.8. The molecule has 0 bridgehead atoms. The number of aromatic nitrogens is 2. The van der Waals surface area contributed by atoms with Crippen molar-refractivity contribution in [2.75, 3.05) is 54.9 Å². The highest BCUT2D eigenvalue weighted by Gasteiger charge is 2.19. The molecule has 5 N–H and O–H groups in total. The zero-order valence-electron chi connectivity index (χ0n) is 19.0. The van der Waals surface area contributed by atoms with Crippen LogP contribution >= 0.6 is 0 Å². The molecule has 1 aromatic heterocycles. The number of aryl methyl sites for hydroxylation is 1. The minimum Gasteiger partial charge on any atom is -0.395 e. The fraction of sp³-hybridized carbons (Fsp3) is 0.304. The molecule has 1 saturated heterocycles. The van der Waals surface area contributed by atoms with Gasteiger partial charge in [0.25, 0.3) is 0 Å². The number of anilines is 5. The maximum Gasteiger partial charge on any atom is 0.240 e. The Balaban J connectivity index is 1.57. The number of primary sulfonamides is 1. The fourth-order valence-corrected chi connectivity index (χ4v) is 4.64. The Morgan fingerprint density at radius 1 is 1.06 bits per heavy atom. The van der Waals surface area contributed by atoms with Crippen LogP contribution in [0.1, 0.15) is 5.56 Å². The number of β-amino-alcohol motifs (C(OH)–C–C–N with tert-alkyl or cyclic N) is 1. The molecular weight excluding hydrogens is 454 g/mol. The molecule has 0 saturated carbocycles. The molecule has 3 aromatic rings. The monoisotopic (exact) mass is 483 g/mol. The SMILES string of the molecule is Cc1cncnc1Nc1cccc(S(N)(=O)=O)c1Nc1ccc(N2CCN(CCO)CC2)cc1. The second-order valence-corrected chi connectivity index (χ2v) is 9.66. The van der Waals surface area contributed by atoms with Gasteiger partial charge in [0.2, 0.25) is 10.0 Å². The molecule has 0 atom stereocenters. The summed E-state index contributed by atoms with van der Waals surface area (Å²) in [5.41, 5.74) is 3.49. The number of piperazine rings is 1. The van der Waals surface area contributed by atoms with Crippen LogP contribution in [0.4, 0.5) is 28.6 Å². The van der Waals surface area contributed by atoms with Gasteiger partial charge in [-0.1, -0.05) is 6.07 Å². The number of rotatable bonds is 8. The zero-order chi connectivity index (χ0) is 24.1. The van der Waals surface area contributed by atoms with Crippen molar-refractivity contribution in [2.45, 2.75) is 11.8 Å². The summed E-state index contributed by atoms with van der Waals surface area (Å²) in [6, 6.07) is 12.7. The highest BCUT2D eigenvalue weighted by atomic mass is 32.2. The molecular formula is C23H29N7O3S. The van der Waals surface area contributed by atoms with E-state index in [-0.39, 0.29) is 11.5 Å². The summed E-state index contributed by atoms with van der Waals surface area (Å²) in [6.07, 6.45) is 3.10. The van der Waals surface area contributed by atoms with Gasteiger partial charge >= 0.3 is 0 Å². The Labute approximate surface area is 199 Å². The summed E-state index contributed by atoms with van der Waals surface area (Å²) in [7, 11) is -3.98. The van der Waals surface area contributed by atoms with Crippen molar-refractivity contribution < 1.29 is 13.5 Å². The van der Waals surface area contributed by atoms with Gasteiger partial charge in [-0.05, 0) is 43.3 Å². The smallest absolute Gasteiger partial charge is 0.240 e. The van der Waals surface area contributed by atoms with Crippen molar-refractivity contribution in [1.29, 1.82) is 0 Å². The van der Waals surface area contributed by atoms with E-state index >= 15 is 0 Å². The molecule has 4 rings (SSSR count). The molecule has 2 aromatic carbocycles. The van der Waals surface area contributed by atoms with Gasteiger partial charge in [0.05, 0.1) is 18.0 Å². The van der Waals surface area contributed by atoms with Crippen molar-refractivity contribution in [3.8, 4) is 0 Å². The topological polar surface area (TPSA) is 137 Å². The Bertz CT molecular complexity index is 1230. The van der Waals surface area contributed by atoms with Crippen LogP contribution in [0.25, 0.3) is 0 Å². The third-order valence-electron chi connectivity index (χ3n) is 5.77. The predicted octanol–water partition coefficient (Wildman–Crippen LogP) is 2.03. The van der Waals surface area contributed by atoms with Gasteiger partial charge < -0.3 is 20.6 Å². The molecule has 1 aliphatic rings. The fourth-order valence-electron chi connectivity index (χ4n) is 3.93. The summed E-state index contributed by atoms with van der Waals surface area (Å²) < 4.78 is 24.6. The number of benzene rings is 2. The number of hydrogen-bond acceptors (Lipinski definition) is 9. The van der Waals surface area contributed by atoms with E-state index in [0.29, 0.717) is 23.7 Å². The quantitative estimate of drug-likeness (QED) is 0.379. The number of sulfonamides is 1. The molecule has 1 fully saturated rings. The molecule has 0 aliphatic carbocycles. The lowest BCUT2D eigenvalue weighted by Crippen LogP contribution is -2.47. The molecule has 0 spiro atoms. The van der Waals surface area contributed by atoms with Crippen molar-refractivity contribution in [2.24, 2.45) is 5.14 Å². The first-order valence-electron chi connectivity index (χ1n) is 11.0. The number of nitrogens with two attached hydrogens (primary N) is 1. The van der Waals surface area contributed by atoms with Crippen LogP contribution in [0.5, 0.6) is 0 Å². The summed E-state index contributed by atoms with van der Waals surface area (Å²) in [6.45, 7) is 6.31. The van der Waals surface area contributed by atoms with E-state index in [4.69, 9.17) is 10.2 Å². The predicted molar refractivity (Wildman–Crippen MR) is 133 cm³/mol. The molecule has 1 aliphatic heterocycles. The molecule has 34 heavy (non-hydrogen) atoms. The molecule has 0 unspecified atom stereocenters. The van der Waals surface area contributed by atoms with E-state index in [1.807, 2.05) is 31.2 Å². The second-order valence-electron chi connectivity index (χ2n) is 8.13. The Hall–Kier alpha value is -3.25. The lowest BCUT2D eigenvalue weighted by Gasteiger charge is -2.35. The number of aliphatic hydroxyl groups excluding tert-OH is 1. The highest BCUT2D eigenvalue weighted by Crippen LogP contribution is 2.34. The van der Waals surface area contributed by atoms with E-state index < -0.39 is 10.0 Å². The largest absolute Gasteiger partial charge is 0.395 e. The second kappa shape index (κ2) is 10.3. The van der Waals surface area contributed by atoms with Gasteiger partial charge in [0.1, 0.15) is 17.0 Å². The normalized spacial score (nSPS) is 14.7. The Morgan fingerprint density at radius 2 is 1.79 bits per heavy atom. The van der Waals surface area contributed by atoms with Crippen molar-refractivity contribution in [3.05, 3.63) is 60.6 Å². The minimum absolute atomic E-state index is 0.0201. The lowest BCUT2D eigenvalue weighted by atomic mass is 10.2. The first-order valence-corrected chi connectivity index (χ1v) is 12.5. The number of aliphatic hydroxyl groups is 1. The Morgan fingerprint density at radius 3 is 2.44 bits per heavy atom. The van der Waals surface area contributed by atoms with Crippen LogP contribution in [-0.2, 0) is 10.0 Å². The number of nitrogens with one attached hydrogen (secondary N) is 2. The number of para-hydroxylation sites is 1. The average Bonchev–Trinajstić information content (AvgIpc) is 2.82. The van der Waals surface area contributed by atoms with E-state index in [0.717, 1.165) is 43.1 Å². The van der Waals surface area contributed by atoms with Crippen LogP contribution < -0.4 is 20.7 Å². The van der Waals surface area contributed by atoms with Gasteiger partial charge in [-0.2, -0.15) is 0 Å². The van der Waals surface area contributed by atoms with Crippen molar-refractivity contribution in [1.82, 2.24) is 14.9 Å². The molecule has 0 amide bonds. The summed E-state index contributed by atoms with van der Waals surface area (Å²) in [5.74, 6) is 0.570. The summed E-state index contributed by atoms with van der Waals surface area (Å²) in [5, 5.41) is 21.0. The van der Waals surface area contributed by atoms with E-state index in [1.165, 1.54) is 12.4 Å². The molecule has 180 valence electrons. The highest BCUT2D eigenvalue weighted by molar-refractivity contribution is 7.89. The number of nitrogens with zero attached hydrogens (tertiary/aromatic N) is 4. The van der Waals surface area contributed by atoms with E-state index in [2.05, 4.69) is 30.4 Å². The van der Waals surface area contributed by atoms with Crippen molar-refractivity contribution in [3.63, 3.8) is 0 Å². The Kier molecular flexibility index (Phi) is 7.27. The lowest BCUT2D eigenvalue weighted by molar-refractivity contribution is 0.189. The molecule has 11 heteroatoms. The summed E-state index contributed by atoms with van der Waals surface area (Å²) in [4.78, 5) is 12.7. The van der Waals surface area contributed by atoms with Crippen LogP contribution in [0.3, 0.4) is 0 Å². The van der Waals surface area contributed by atoms with E-state index in [9.17, 15) is 8.42 Å². The molecule has 0 radical (unpaired) electrons. The van der Waals surface area contributed by atoms with E-state index in [1.54, 1.807) is 18.3 Å². The van der Waals surface area contributed by atoms with Gasteiger partial charge in [0, 0.05) is 55.9 Å². The summed E-state index contributed by atoms with van der Waals surface area (Å²) >= 11 is 0. The van der Waals surface area contributed by atoms with Gasteiger partial charge in [-0.15, -0.1) is 0 Å². The van der Waals surface area contributed by atoms with Gasteiger partial charge in [-0.3, -0.25) is 4.90 Å². The average molecular weight is 484 g/mol.